The van der Waals surface area contributed by atoms with Gasteiger partial charge in [0.15, 0.2) is 0 Å². The van der Waals surface area contributed by atoms with Crippen LogP contribution >= 0.6 is 11.3 Å². The van der Waals surface area contributed by atoms with Crippen LogP contribution < -0.4 is 10.1 Å². The maximum Gasteiger partial charge on any atom is 0.267 e. The summed E-state index contributed by atoms with van der Waals surface area (Å²) in [6, 6.07) is 17.0. The van der Waals surface area contributed by atoms with E-state index in [0.29, 0.717) is 4.88 Å². The Bertz CT molecular complexity index is 767. The molecule has 0 aliphatic heterocycles. The highest BCUT2D eigenvalue weighted by molar-refractivity contribution is 7.17. The molecule has 0 spiro atoms. The maximum atomic E-state index is 12.2. The predicted molar refractivity (Wildman–Crippen MR) is 88.5 cm³/mol. The van der Waals surface area contributed by atoms with Gasteiger partial charge in [0.2, 0.25) is 0 Å². The number of carbonyl (C=O) groups excluding carboxylic acids is 1. The standard InChI is InChI=1S/C17H14N2O2S/c1-21-14-9-7-12(8-10-14)17-18-11-15(22-17)16(20)19-13-5-3-2-4-6-13/h2-11H,1H3,(H,19,20). The van der Waals surface area contributed by atoms with Gasteiger partial charge in [0.25, 0.3) is 5.91 Å². The fourth-order valence-electron chi connectivity index (χ4n) is 1.96. The van der Waals surface area contributed by atoms with E-state index in [1.165, 1.54) is 11.3 Å². The first kappa shape index (κ1) is 14.3. The van der Waals surface area contributed by atoms with Crippen LogP contribution in [0.15, 0.2) is 60.8 Å². The van der Waals surface area contributed by atoms with Gasteiger partial charge in [0.1, 0.15) is 15.6 Å². The molecule has 0 atom stereocenters. The Hall–Kier alpha value is -2.66. The molecule has 0 radical (unpaired) electrons. The van der Waals surface area contributed by atoms with Crippen molar-refractivity contribution in [1.29, 1.82) is 0 Å². The number of aromatic nitrogens is 1. The van der Waals surface area contributed by atoms with Crippen molar-refractivity contribution < 1.29 is 9.53 Å². The first-order chi connectivity index (χ1) is 10.8. The monoisotopic (exact) mass is 310 g/mol. The zero-order valence-corrected chi connectivity index (χ0v) is 12.8. The third kappa shape index (κ3) is 3.15. The van der Waals surface area contributed by atoms with Crippen molar-refractivity contribution in [2.24, 2.45) is 0 Å². The normalized spacial score (nSPS) is 10.2. The number of thiazole rings is 1. The minimum absolute atomic E-state index is 0.150. The Morgan fingerprint density at radius 3 is 2.50 bits per heavy atom. The van der Waals surface area contributed by atoms with E-state index in [-0.39, 0.29) is 5.91 Å². The van der Waals surface area contributed by atoms with Crippen LogP contribution in [0, 0.1) is 0 Å². The number of methoxy groups -OCH3 is 1. The highest BCUT2D eigenvalue weighted by Gasteiger charge is 2.12. The van der Waals surface area contributed by atoms with Crippen LogP contribution in [0.3, 0.4) is 0 Å². The Morgan fingerprint density at radius 2 is 1.82 bits per heavy atom. The molecule has 3 aromatic rings. The smallest absolute Gasteiger partial charge is 0.267 e. The van der Waals surface area contributed by atoms with Gasteiger partial charge in [-0.2, -0.15) is 0 Å². The lowest BCUT2D eigenvalue weighted by Crippen LogP contribution is -2.09. The number of nitrogens with zero attached hydrogens (tertiary/aromatic N) is 1. The van der Waals surface area contributed by atoms with Crippen molar-refractivity contribution in [3.63, 3.8) is 0 Å². The summed E-state index contributed by atoms with van der Waals surface area (Å²) in [5.74, 6) is 0.644. The number of hydrogen-bond donors (Lipinski definition) is 1. The van der Waals surface area contributed by atoms with Gasteiger partial charge in [-0.1, -0.05) is 18.2 Å². The first-order valence-electron chi connectivity index (χ1n) is 6.73. The van der Waals surface area contributed by atoms with Gasteiger partial charge >= 0.3 is 0 Å². The van der Waals surface area contributed by atoms with E-state index in [1.54, 1.807) is 13.3 Å². The van der Waals surface area contributed by atoms with Crippen LogP contribution in [0.4, 0.5) is 5.69 Å². The van der Waals surface area contributed by atoms with Gasteiger partial charge < -0.3 is 10.1 Å². The van der Waals surface area contributed by atoms with Crippen molar-refractivity contribution in [3.8, 4) is 16.3 Å². The van der Waals surface area contributed by atoms with Crippen LogP contribution in [0.25, 0.3) is 10.6 Å². The van der Waals surface area contributed by atoms with E-state index in [4.69, 9.17) is 4.74 Å². The van der Waals surface area contributed by atoms with Crippen molar-refractivity contribution >= 4 is 22.9 Å². The topological polar surface area (TPSA) is 51.2 Å². The highest BCUT2D eigenvalue weighted by atomic mass is 32.1. The van der Waals surface area contributed by atoms with Crippen LogP contribution in [-0.4, -0.2) is 18.0 Å². The van der Waals surface area contributed by atoms with E-state index in [1.807, 2.05) is 54.6 Å². The molecular formula is C17H14N2O2S. The van der Waals surface area contributed by atoms with Crippen molar-refractivity contribution in [1.82, 2.24) is 4.98 Å². The number of ether oxygens (including phenoxy) is 1. The maximum absolute atomic E-state index is 12.2. The zero-order chi connectivity index (χ0) is 15.4. The van der Waals surface area contributed by atoms with E-state index in [9.17, 15) is 4.79 Å². The summed E-state index contributed by atoms with van der Waals surface area (Å²) < 4.78 is 5.13. The fraction of sp³-hybridized carbons (Fsp3) is 0.0588. The summed E-state index contributed by atoms with van der Waals surface area (Å²) in [4.78, 5) is 17.1. The minimum Gasteiger partial charge on any atom is -0.497 e. The molecule has 4 nitrogen and oxygen atoms in total. The second kappa shape index (κ2) is 6.41. The van der Waals surface area contributed by atoms with Crippen LogP contribution in [0.2, 0.25) is 0 Å². The van der Waals surface area contributed by atoms with Gasteiger partial charge in [-0.25, -0.2) is 4.98 Å². The lowest BCUT2D eigenvalue weighted by Gasteiger charge is -2.02. The summed E-state index contributed by atoms with van der Waals surface area (Å²) in [7, 11) is 1.63. The number of amides is 1. The zero-order valence-electron chi connectivity index (χ0n) is 11.9. The van der Waals surface area contributed by atoms with Gasteiger partial charge in [-0.3, -0.25) is 4.79 Å². The number of anilines is 1. The molecule has 2 aromatic carbocycles. The average molecular weight is 310 g/mol. The summed E-state index contributed by atoms with van der Waals surface area (Å²) in [5, 5.41) is 3.66. The number of nitrogens with one attached hydrogen (secondary N) is 1. The second-order valence-electron chi connectivity index (χ2n) is 4.58. The molecule has 110 valence electrons. The second-order valence-corrected chi connectivity index (χ2v) is 5.61. The Morgan fingerprint density at radius 1 is 1.09 bits per heavy atom. The molecule has 1 heterocycles. The SMILES string of the molecule is COc1ccc(-c2ncc(C(=O)Nc3ccccc3)s2)cc1. The van der Waals surface area contributed by atoms with Gasteiger partial charge in [-0.05, 0) is 36.4 Å². The summed E-state index contributed by atoms with van der Waals surface area (Å²) in [5.41, 5.74) is 1.73. The average Bonchev–Trinajstić information content (AvgIpc) is 3.06. The largest absolute Gasteiger partial charge is 0.497 e. The molecule has 3 rings (SSSR count). The first-order valence-corrected chi connectivity index (χ1v) is 7.54. The van der Waals surface area contributed by atoms with Gasteiger partial charge in [-0.15, -0.1) is 11.3 Å². The molecule has 1 aromatic heterocycles. The molecule has 0 saturated heterocycles. The molecule has 5 heteroatoms. The molecule has 0 aliphatic rings. The molecule has 0 bridgehead atoms. The Balaban J connectivity index is 1.76. The Labute approximate surface area is 132 Å². The third-order valence-corrected chi connectivity index (χ3v) is 4.14. The molecule has 0 aliphatic carbocycles. The van der Waals surface area contributed by atoms with Crippen LogP contribution in [0.5, 0.6) is 5.75 Å². The molecular weight excluding hydrogens is 296 g/mol. The van der Waals surface area contributed by atoms with Gasteiger partial charge in [0, 0.05) is 11.3 Å². The molecule has 0 saturated carbocycles. The molecule has 0 unspecified atom stereocenters. The van der Waals surface area contributed by atoms with E-state index >= 15 is 0 Å². The Kier molecular flexibility index (Phi) is 4.16. The third-order valence-electron chi connectivity index (χ3n) is 3.10. The summed E-state index contributed by atoms with van der Waals surface area (Å²) in [6.07, 6.45) is 1.60. The van der Waals surface area contributed by atoms with E-state index < -0.39 is 0 Å². The number of carbonyl (C=O) groups is 1. The highest BCUT2D eigenvalue weighted by Crippen LogP contribution is 2.27. The summed E-state index contributed by atoms with van der Waals surface area (Å²) >= 11 is 1.36. The van der Waals surface area contributed by atoms with Crippen molar-refractivity contribution in [2.45, 2.75) is 0 Å². The van der Waals surface area contributed by atoms with Crippen molar-refractivity contribution in [3.05, 3.63) is 65.7 Å². The van der Waals surface area contributed by atoms with E-state index in [2.05, 4.69) is 10.3 Å². The van der Waals surface area contributed by atoms with Gasteiger partial charge in [0.05, 0.1) is 13.3 Å². The van der Waals surface area contributed by atoms with Crippen LogP contribution in [-0.2, 0) is 0 Å². The molecule has 0 fully saturated rings. The molecule has 1 amide bonds. The number of para-hydroxylation sites is 1. The molecule has 22 heavy (non-hydrogen) atoms. The number of hydrogen-bond acceptors (Lipinski definition) is 4. The van der Waals surface area contributed by atoms with Crippen LogP contribution in [0.1, 0.15) is 9.67 Å². The number of rotatable bonds is 4. The van der Waals surface area contributed by atoms with E-state index in [0.717, 1.165) is 22.0 Å². The van der Waals surface area contributed by atoms with Crippen molar-refractivity contribution in [2.75, 3.05) is 12.4 Å². The molecule has 1 N–H and O–H groups in total. The quantitative estimate of drug-likeness (QED) is 0.790. The number of benzene rings is 2. The lowest BCUT2D eigenvalue weighted by atomic mass is 10.2. The summed E-state index contributed by atoms with van der Waals surface area (Å²) in [6.45, 7) is 0. The lowest BCUT2D eigenvalue weighted by molar-refractivity contribution is 0.103. The predicted octanol–water partition coefficient (Wildman–Crippen LogP) is 4.07. The fourth-order valence-corrected chi connectivity index (χ4v) is 2.78. The minimum atomic E-state index is -0.150.